The Morgan fingerprint density at radius 1 is 1.33 bits per heavy atom. The molecule has 0 amide bonds. The summed E-state index contributed by atoms with van der Waals surface area (Å²) in [5.74, 6) is 0. The molecule has 0 spiro atoms. The molecule has 3 atom stereocenters. The molecule has 1 aliphatic rings. The zero-order chi connectivity index (χ0) is 13.0. The zero-order valence-electron chi connectivity index (χ0n) is 11.2. The summed E-state index contributed by atoms with van der Waals surface area (Å²) in [6.07, 6.45) is 3.85. The lowest BCUT2D eigenvalue weighted by molar-refractivity contribution is 0.407. The van der Waals surface area contributed by atoms with Crippen LogP contribution in [0.1, 0.15) is 44.7 Å². The molecule has 2 nitrogen and oxygen atoms in total. The van der Waals surface area contributed by atoms with Gasteiger partial charge in [0.15, 0.2) is 0 Å². The molecule has 0 aromatic heterocycles. The first kappa shape index (κ1) is 13.9. The van der Waals surface area contributed by atoms with Gasteiger partial charge in [-0.2, -0.15) is 0 Å². The molecule has 1 heterocycles. The van der Waals surface area contributed by atoms with Gasteiger partial charge in [-0.1, -0.05) is 23.7 Å². The van der Waals surface area contributed by atoms with E-state index in [1.165, 1.54) is 31.4 Å². The molecule has 0 radical (unpaired) electrons. The Bertz CT molecular complexity index is 357. The molecule has 2 rings (SSSR count). The predicted molar refractivity (Wildman–Crippen MR) is 78.1 cm³/mol. The van der Waals surface area contributed by atoms with Gasteiger partial charge in [-0.3, -0.25) is 0 Å². The molecule has 0 aliphatic carbocycles. The van der Waals surface area contributed by atoms with Crippen molar-refractivity contribution in [2.45, 2.75) is 51.2 Å². The van der Waals surface area contributed by atoms with Gasteiger partial charge in [-0.25, -0.2) is 0 Å². The van der Waals surface area contributed by atoms with Crippen molar-refractivity contribution in [2.75, 3.05) is 6.54 Å². The van der Waals surface area contributed by atoms with E-state index in [0.717, 1.165) is 5.02 Å². The third-order valence-corrected chi connectivity index (χ3v) is 3.96. The highest BCUT2D eigenvalue weighted by Gasteiger charge is 2.18. The molecule has 18 heavy (non-hydrogen) atoms. The van der Waals surface area contributed by atoms with E-state index < -0.39 is 0 Å². The normalized spacial score (nSPS) is 22.9. The van der Waals surface area contributed by atoms with Crippen LogP contribution in [0.25, 0.3) is 0 Å². The number of halogens is 1. The van der Waals surface area contributed by atoms with Crippen LogP contribution in [-0.2, 0) is 0 Å². The minimum absolute atomic E-state index is 0.374. The molecule has 1 aromatic carbocycles. The predicted octanol–water partition coefficient (Wildman–Crippen LogP) is 3.52. The van der Waals surface area contributed by atoms with Crippen LogP contribution in [-0.4, -0.2) is 18.6 Å². The smallest absolute Gasteiger partial charge is 0.0406 e. The van der Waals surface area contributed by atoms with Crippen LogP contribution in [0, 0.1) is 0 Å². The fourth-order valence-electron chi connectivity index (χ4n) is 2.73. The molecule has 1 fully saturated rings. The van der Waals surface area contributed by atoms with Crippen molar-refractivity contribution < 1.29 is 0 Å². The summed E-state index contributed by atoms with van der Waals surface area (Å²) >= 11 is 5.91. The second-order valence-corrected chi connectivity index (χ2v) is 5.81. The molecule has 1 aromatic rings. The zero-order valence-corrected chi connectivity index (χ0v) is 12.0. The van der Waals surface area contributed by atoms with Crippen molar-refractivity contribution in [2.24, 2.45) is 0 Å². The van der Waals surface area contributed by atoms with Crippen LogP contribution in [0.3, 0.4) is 0 Å². The highest BCUT2D eigenvalue weighted by molar-refractivity contribution is 6.30. The summed E-state index contributed by atoms with van der Waals surface area (Å²) in [6.45, 7) is 5.67. The molecule has 100 valence electrons. The van der Waals surface area contributed by atoms with Crippen molar-refractivity contribution in [3.63, 3.8) is 0 Å². The SMILES string of the molecule is CC(CC1CCCN1)NC(C)c1ccc(Cl)cc1. The van der Waals surface area contributed by atoms with Crippen molar-refractivity contribution >= 4 is 11.6 Å². The largest absolute Gasteiger partial charge is 0.314 e. The van der Waals surface area contributed by atoms with Crippen LogP contribution in [0.2, 0.25) is 5.02 Å². The minimum atomic E-state index is 0.374. The standard InChI is InChI=1S/C15H23ClN2/c1-11(10-15-4-3-9-17-15)18-12(2)13-5-7-14(16)8-6-13/h5-8,11-12,15,17-18H,3-4,9-10H2,1-2H3. The lowest BCUT2D eigenvalue weighted by Crippen LogP contribution is -2.35. The van der Waals surface area contributed by atoms with Gasteiger partial charge in [0, 0.05) is 23.1 Å². The van der Waals surface area contributed by atoms with E-state index in [2.05, 4.69) is 36.6 Å². The molecule has 1 aliphatic heterocycles. The lowest BCUT2D eigenvalue weighted by Gasteiger charge is -2.23. The van der Waals surface area contributed by atoms with E-state index in [4.69, 9.17) is 11.6 Å². The van der Waals surface area contributed by atoms with Gasteiger partial charge in [-0.15, -0.1) is 0 Å². The Kier molecular flexibility index (Phi) is 5.04. The van der Waals surface area contributed by atoms with Gasteiger partial charge >= 0.3 is 0 Å². The monoisotopic (exact) mass is 266 g/mol. The first-order chi connectivity index (χ1) is 8.65. The quantitative estimate of drug-likeness (QED) is 0.852. The summed E-state index contributed by atoms with van der Waals surface area (Å²) in [4.78, 5) is 0. The van der Waals surface area contributed by atoms with Crippen LogP contribution >= 0.6 is 11.6 Å². The third kappa shape index (κ3) is 3.98. The van der Waals surface area contributed by atoms with Crippen LogP contribution in [0.5, 0.6) is 0 Å². The van der Waals surface area contributed by atoms with Crippen LogP contribution in [0.15, 0.2) is 24.3 Å². The average Bonchev–Trinajstić information content (AvgIpc) is 2.82. The maximum atomic E-state index is 5.91. The number of hydrogen-bond donors (Lipinski definition) is 2. The van der Waals surface area contributed by atoms with E-state index in [9.17, 15) is 0 Å². The van der Waals surface area contributed by atoms with E-state index in [1.807, 2.05) is 12.1 Å². The number of rotatable bonds is 5. The molecular formula is C15H23ClN2. The van der Waals surface area contributed by atoms with Gasteiger partial charge in [0.2, 0.25) is 0 Å². The fraction of sp³-hybridized carbons (Fsp3) is 0.600. The first-order valence-corrected chi connectivity index (χ1v) is 7.28. The summed E-state index contributed by atoms with van der Waals surface area (Å²) < 4.78 is 0. The summed E-state index contributed by atoms with van der Waals surface area (Å²) in [5, 5.41) is 8.01. The number of hydrogen-bond acceptors (Lipinski definition) is 2. The lowest BCUT2D eigenvalue weighted by atomic mass is 10.0. The first-order valence-electron chi connectivity index (χ1n) is 6.90. The molecular weight excluding hydrogens is 244 g/mol. The molecule has 2 N–H and O–H groups in total. The molecule has 0 saturated carbocycles. The van der Waals surface area contributed by atoms with Gasteiger partial charge in [-0.05, 0) is 57.4 Å². The highest BCUT2D eigenvalue weighted by Crippen LogP contribution is 2.18. The molecule has 3 heteroatoms. The van der Waals surface area contributed by atoms with Crippen molar-refractivity contribution in [1.82, 2.24) is 10.6 Å². The molecule has 1 saturated heterocycles. The second kappa shape index (κ2) is 6.55. The fourth-order valence-corrected chi connectivity index (χ4v) is 2.85. The Morgan fingerprint density at radius 3 is 2.67 bits per heavy atom. The second-order valence-electron chi connectivity index (χ2n) is 5.37. The summed E-state index contributed by atoms with van der Waals surface area (Å²) in [7, 11) is 0. The van der Waals surface area contributed by atoms with Gasteiger partial charge in [0.25, 0.3) is 0 Å². The molecule has 0 bridgehead atoms. The van der Waals surface area contributed by atoms with E-state index in [1.54, 1.807) is 0 Å². The Morgan fingerprint density at radius 2 is 2.06 bits per heavy atom. The Labute approximate surface area is 115 Å². The third-order valence-electron chi connectivity index (χ3n) is 3.70. The maximum absolute atomic E-state index is 5.91. The van der Waals surface area contributed by atoms with E-state index in [0.29, 0.717) is 18.1 Å². The Hall–Kier alpha value is -0.570. The van der Waals surface area contributed by atoms with Crippen molar-refractivity contribution in [3.8, 4) is 0 Å². The number of nitrogens with one attached hydrogen (secondary N) is 2. The number of benzene rings is 1. The van der Waals surface area contributed by atoms with Crippen molar-refractivity contribution in [1.29, 1.82) is 0 Å². The van der Waals surface area contributed by atoms with Gasteiger partial charge < -0.3 is 10.6 Å². The molecule has 3 unspecified atom stereocenters. The Balaban J connectivity index is 1.82. The van der Waals surface area contributed by atoms with Crippen LogP contribution < -0.4 is 10.6 Å². The topological polar surface area (TPSA) is 24.1 Å². The maximum Gasteiger partial charge on any atom is 0.0406 e. The summed E-state index contributed by atoms with van der Waals surface area (Å²) in [5.41, 5.74) is 1.30. The average molecular weight is 267 g/mol. The summed E-state index contributed by atoms with van der Waals surface area (Å²) in [6, 6.07) is 9.72. The van der Waals surface area contributed by atoms with Gasteiger partial charge in [0.1, 0.15) is 0 Å². The van der Waals surface area contributed by atoms with Gasteiger partial charge in [0.05, 0.1) is 0 Å². The van der Waals surface area contributed by atoms with E-state index in [-0.39, 0.29) is 0 Å². The van der Waals surface area contributed by atoms with Crippen molar-refractivity contribution in [3.05, 3.63) is 34.9 Å². The van der Waals surface area contributed by atoms with E-state index >= 15 is 0 Å². The minimum Gasteiger partial charge on any atom is -0.314 e. The van der Waals surface area contributed by atoms with Crippen LogP contribution in [0.4, 0.5) is 0 Å². The highest BCUT2D eigenvalue weighted by atomic mass is 35.5.